The van der Waals surface area contributed by atoms with Crippen molar-refractivity contribution in [1.29, 1.82) is 0 Å². The van der Waals surface area contributed by atoms with Crippen molar-refractivity contribution in [2.24, 2.45) is 5.92 Å². The van der Waals surface area contributed by atoms with E-state index < -0.39 is 0 Å². The van der Waals surface area contributed by atoms with Gasteiger partial charge in [0.1, 0.15) is 0 Å². The quantitative estimate of drug-likeness (QED) is 0.455. The van der Waals surface area contributed by atoms with Crippen molar-refractivity contribution in [2.75, 3.05) is 13.1 Å². The van der Waals surface area contributed by atoms with Gasteiger partial charge in [-0.2, -0.15) is 5.10 Å². The van der Waals surface area contributed by atoms with Crippen molar-refractivity contribution in [2.45, 2.75) is 32.2 Å². The fraction of sp³-hybridized carbons (Fsp3) is 0.296. The predicted molar refractivity (Wildman–Crippen MR) is 126 cm³/mol. The summed E-state index contributed by atoms with van der Waals surface area (Å²) in [5, 5.41) is 5.55. The molecule has 1 saturated heterocycles. The van der Waals surface area contributed by atoms with Crippen LogP contribution in [-0.4, -0.2) is 38.7 Å². The Balaban J connectivity index is 1.28. The van der Waals surface area contributed by atoms with E-state index in [1.54, 1.807) is 6.20 Å². The average molecular weight is 425 g/mol. The number of aromatic nitrogens is 3. The van der Waals surface area contributed by atoms with Crippen molar-refractivity contribution < 1.29 is 4.79 Å². The number of likely N-dealkylation sites (tertiary alicyclic amines) is 1. The van der Waals surface area contributed by atoms with Crippen LogP contribution >= 0.6 is 0 Å². The Morgan fingerprint density at radius 1 is 0.906 bits per heavy atom. The third-order valence-corrected chi connectivity index (χ3v) is 6.52. The number of nitrogens with zero attached hydrogens (tertiary/aromatic N) is 4. The van der Waals surface area contributed by atoms with E-state index in [0.717, 1.165) is 55.4 Å². The molecule has 1 aliphatic rings. The van der Waals surface area contributed by atoms with Gasteiger partial charge in [-0.25, -0.2) is 0 Å². The van der Waals surface area contributed by atoms with E-state index >= 15 is 0 Å². The van der Waals surface area contributed by atoms with Crippen molar-refractivity contribution in [3.8, 4) is 0 Å². The Hall–Kier alpha value is -3.47. The lowest BCUT2D eigenvalue weighted by Gasteiger charge is -2.22. The fourth-order valence-electron chi connectivity index (χ4n) is 4.83. The molecular formula is C27H28N4O. The highest BCUT2D eigenvalue weighted by molar-refractivity contribution is 5.95. The highest BCUT2D eigenvalue weighted by atomic mass is 16.2. The van der Waals surface area contributed by atoms with E-state index in [2.05, 4.69) is 34.3 Å². The van der Waals surface area contributed by atoms with Gasteiger partial charge < -0.3 is 4.90 Å². The van der Waals surface area contributed by atoms with Gasteiger partial charge in [0, 0.05) is 42.6 Å². The Labute approximate surface area is 188 Å². The molecule has 1 amide bonds. The molecule has 1 fully saturated rings. The van der Waals surface area contributed by atoms with E-state index in [4.69, 9.17) is 0 Å². The van der Waals surface area contributed by atoms with Gasteiger partial charge in [-0.05, 0) is 67.0 Å². The van der Waals surface area contributed by atoms with Crippen molar-refractivity contribution in [3.63, 3.8) is 0 Å². The summed E-state index contributed by atoms with van der Waals surface area (Å²) in [5.41, 5.74) is 4.24. The van der Waals surface area contributed by atoms with Crippen LogP contribution in [0.25, 0.3) is 10.9 Å². The van der Waals surface area contributed by atoms with Crippen LogP contribution < -0.4 is 0 Å². The molecule has 162 valence electrons. The first-order valence-electron chi connectivity index (χ1n) is 11.4. The van der Waals surface area contributed by atoms with Gasteiger partial charge >= 0.3 is 0 Å². The summed E-state index contributed by atoms with van der Waals surface area (Å²) in [6.07, 6.45) is 9.82. The number of hydrogen-bond acceptors (Lipinski definition) is 3. The van der Waals surface area contributed by atoms with Crippen molar-refractivity contribution in [3.05, 3.63) is 95.9 Å². The van der Waals surface area contributed by atoms with E-state index in [1.165, 1.54) is 10.9 Å². The van der Waals surface area contributed by atoms with Crippen LogP contribution in [0.4, 0.5) is 0 Å². The monoisotopic (exact) mass is 424 g/mol. The molecule has 0 bridgehead atoms. The van der Waals surface area contributed by atoms with Gasteiger partial charge in [-0.3, -0.25) is 14.5 Å². The van der Waals surface area contributed by atoms with E-state index in [-0.39, 0.29) is 5.91 Å². The molecule has 5 rings (SSSR count). The molecule has 4 aromatic rings. The highest BCUT2D eigenvalue weighted by Gasteiger charge is 2.23. The standard InChI is InChI=1S/C27H28N4O/c32-27(25-10-2-1-8-23(25)20-31-17-6-15-29-31)30-16-5-7-21(13-18-30)19-22-9-3-12-26-24(22)11-4-14-28-26/h1-4,6,8-12,14-15,17,21H,5,7,13,16,18-20H2. The number of fused-ring (bicyclic) bond motifs is 1. The molecule has 0 spiro atoms. The molecule has 1 aliphatic heterocycles. The van der Waals surface area contributed by atoms with Crippen LogP contribution in [0.15, 0.2) is 79.3 Å². The number of benzene rings is 2. The third kappa shape index (κ3) is 4.42. The smallest absolute Gasteiger partial charge is 0.254 e. The summed E-state index contributed by atoms with van der Waals surface area (Å²) in [4.78, 5) is 20.0. The molecule has 0 N–H and O–H groups in total. The first kappa shape index (κ1) is 20.4. The van der Waals surface area contributed by atoms with Gasteiger partial charge in [0.15, 0.2) is 0 Å². The molecular weight excluding hydrogens is 396 g/mol. The number of carbonyl (C=O) groups is 1. The summed E-state index contributed by atoms with van der Waals surface area (Å²) < 4.78 is 1.86. The van der Waals surface area contributed by atoms with E-state index in [9.17, 15) is 4.79 Å². The van der Waals surface area contributed by atoms with Crippen LogP contribution in [0.2, 0.25) is 0 Å². The second kappa shape index (κ2) is 9.35. The van der Waals surface area contributed by atoms with Crippen LogP contribution in [0.1, 0.15) is 40.7 Å². The third-order valence-electron chi connectivity index (χ3n) is 6.52. The lowest BCUT2D eigenvalue weighted by Crippen LogP contribution is -2.33. The Morgan fingerprint density at radius 3 is 2.72 bits per heavy atom. The van der Waals surface area contributed by atoms with E-state index in [0.29, 0.717) is 12.5 Å². The molecule has 2 aromatic carbocycles. The van der Waals surface area contributed by atoms with Gasteiger partial charge in [0.2, 0.25) is 0 Å². The summed E-state index contributed by atoms with van der Waals surface area (Å²) in [6, 6.07) is 20.4. The largest absolute Gasteiger partial charge is 0.339 e. The molecule has 0 aliphatic carbocycles. The summed E-state index contributed by atoms with van der Waals surface area (Å²) in [6.45, 7) is 2.24. The van der Waals surface area contributed by atoms with E-state index in [1.807, 2.05) is 58.4 Å². The molecule has 3 heterocycles. The lowest BCUT2D eigenvalue weighted by molar-refractivity contribution is 0.0758. The van der Waals surface area contributed by atoms with Crippen LogP contribution in [0, 0.1) is 5.92 Å². The van der Waals surface area contributed by atoms with Gasteiger partial charge in [0.25, 0.3) is 5.91 Å². The molecule has 5 heteroatoms. The zero-order valence-electron chi connectivity index (χ0n) is 18.2. The fourth-order valence-corrected chi connectivity index (χ4v) is 4.83. The maximum Gasteiger partial charge on any atom is 0.254 e. The number of hydrogen-bond donors (Lipinski definition) is 0. The second-order valence-electron chi connectivity index (χ2n) is 8.64. The zero-order valence-corrected chi connectivity index (χ0v) is 18.2. The van der Waals surface area contributed by atoms with Gasteiger partial charge in [-0.15, -0.1) is 0 Å². The lowest BCUT2D eigenvalue weighted by atomic mass is 9.91. The molecule has 0 saturated carbocycles. The number of amides is 1. The number of pyridine rings is 1. The maximum atomic E-state index is 13.4. The van der Waals surface area contributed by atoms with Crippen LogP contribution in [-0.2, 0) is 13.0 Å². The van der Waals surface area contributed by atoms with Crippen LogP contribution in [0.3, 0.4) is 0 Å². The Bertz CT molecular complexity index is 1200. The van der Waals surface area contributed by atoms with Gasteiger partial charge in [0.05, 0.1) is 12.1 Å². The first-order chi connectivity index (χ1) is 15.8. The summed E-state index contributed by atoms with van der Waals surface area (Å²) in [5.74, 6) is 0.723. The van der Waals surface area contributed by atoms with Gasteiger partial charge in [-0.1, -0.05) is 36.4 Å². The van der Waals surface area contributed by atoms with Crippen molar-refractivity contribution in [1.82, 2.24) is 19.7 Å². The Morgan fingerprint density at radius 2 is 1.81 bits per heavy atom. The molecule has 1 unspecified atom stereocenters. The maximum absolute atomic E-state index is 13.4. The minimum absolute atomic E-state index is 0.141. The molecule has 32 heavy (non-hydrogen) atoms. The van der Waals surface area contributed by atoms with Crippen molar-refractivity contribution >= 4 is 16.8 Å². The number of carbonyl (C=O) groups excluding carboxylic acids is 1. The first-order valence-corrected chi connectivity index (χ1v) is 11.4. The highest BCUT2D eigenvalue weighted by Crippen LogP contribution is 2.26. The second-order valence-corrected chi connectivity index (χ2v) is 8.64. The zero-order chi connectivity index (χ0) is 21.8. The Kier molecular flexibility index (Phi) is 5.97. The SMILES string of the molecule is O=C(c1ccccc1Cn1cccn1)N1CCCC(Cc2cccc3ncccc23)CC1. The minimum atomic E-state index is 0.141. The summed E-state index contributed by atoms with van der Waals surface area (Å²) >= 11 is 0. The van der Waals surface area contributed by atoms with Crippen LogP contribution in [0.5, 0.6) is 0 Å². The molecule has 1 atom stereocenters. The summed E-state index contributed by atoms with van der Waals surface area (Å²) in [7, 11) is 0. The topological polar surface area (TPSA) is 51.0 Å². The normalized spacial score (nSPS) is 16.8. The number of rotatable bonds is 5. The molecule has 5 nitrogen and oxygen atoms in total. The molecule has 0 radical (unpaired) electrons. The predicted octanol–water partition coefficient (Wildman–Crippen LogP) is 4.96. The molecule has 2 aromatic heterocycles. The average Bonchev–Trinajstić information content (AvgIpc) is 3.23. The minimum Gasteiger partial charge on any atom is -0.339 e.